The Morgan fingerprint density at radius 3 is 2.55 bits per heavy atom. The van der Waals surface area contributed by atoms with Crippen molar-refractivity contribution >= 4 is 29.4 Å². The number of nitrogens with zero attached hydrogens (tertiary/aromatic N) is 2. The minimum atomic E-state index is -0.479. The third-order valence-corrected chi connectivity index (χ3v) is 3.79. The first-order valence-electron chi connectivity index (χ1n) is 8.48. The zero-order valence-corrected chi connectivity index (χ0v) is 15.3. The van der Waals surface area contributed by atoms with E-state index in [0.717, 1.165) is 0 Å². The predicted molar refractivity (Wildman–Crippen MR) is 107 cm³/mol. The molecule has 0 saturated heterocycles. The predicted octanol–water partition coefficient (Wildman–Crippen LogP) is 3.58. The molecule has 0 unspecified atom stereocenters. The number of carbonyl (C=O) groups is 2. The molecule has 0 radical (unpaired) electrons. The van der Waals surface area contributed by atoms with Crippen molar-refractivity contribution in [3.63, 3.8) is 0 Å². The molecule has 29 heavy (non-hydrogen) atoms. The van der Waals surface area contributed by atoms with Gasteiger partial charge >= 0.3 is 0 Å². The highest BCUT2D eigenvalue weighted by atomic mass is 16.6. The van der Waals surface area contributed by atoms with Gasteiger partial charge in [-0.15, -0.1) is 0 Å². The number of nitro groups is 1. The quantitative estimate of drug-likeness (QED) is 0.377. The van der Waals surface area contributed by atoms with Crippen LogP contribution in [0.15, 0.2) is 70.2 Å². The first kappa shape index (κ1) is 19.5. The Morgan fingerprint density at radius 2 is 1.86 bits per heavy atom. The van der Waals surface area contributed by atoms with Crippen molar-refractivity contribution in [3.05, 3.63) is 82.1 Å². The van der Waals surface area contributed by atoms with E-state index in [1.165, 1.54) is 25.3 Å². The Kier molecular flexibility index (Phi) is 5.79. The van der Waals surface area contributed by atoms with Crippen LogP contribution in [0.1, 0.15) is 23.0 Å². The highest BCUT2D eigenvalue weighted by molar-refractivity contribution is 5.96. The molecule has 146 valence electrons. The van der Waals surface area contributed by atoms with Gasteiger partial charge in [-0.25, -0.2) is 5.43 Å². The minimum Gasteiger partial charge on any atom is -0.455 e. The van der Waals surface area contributed by atoms with E-state index in [1.807, 2.05) is 0 Å². The summed E-state index contributed by atoms with van der Waals surface area (Å²) >= 11 is 0. The van der Waals surface area contributed by atoms with Gasteiger partial charge < -0.3 is 9.73 Å². The molecule has 1 heterocycles. The number of hydrogen-bond acceptors (Lipinski definition) is 6. The van der Waals surface area contributed by atoms with Gasteiger partial charge in [-0.3, -0.25) is 19.7 Å². The molecule has 1 aromatic heterocycles. The zero-order valence-electron chi connectivity index (χ0n) is 15.3. The lowest BCUT2D eigenvalue weighted by atomic mass is 10.1. The number of hydrazone groups is 1. The first-order valence-corrected chi connectivity index (χ1v) is 8.48. The summed E-state index contributed by atoms with van der Waals surface area (Å²) in [5.74, 6) is 0.179. The second-order valence-electron chi connectivity index (χ2n) is 5.97. The van der Waals surface area contributed by atoms with Crippen molar-refractivity contribution in [2.45, 2.75) is 6.92 Å². The average molecular weight is 392 g/mol. The van der Waals surface area contributed by atoms with Crippen LogP contribution in [0.3, 0.4) is 0 Å². The highest BCUT2D eigenvalue weighted by Gasteiger charge is 2.10. The number of benzene rings is 2. The second-order valence-corrected chi connectivity index (χ2v) is 5.97. The van der Waals surface area contributed by atoms with E-state index >= 15 is 0 Å². The molecule has 0 saturated carbocycles. The largest absolute Gasteiger partial charge is 0.455 e. The van der Waals surface area contributed by atoms with Crippen molar-refractivity contribution < 1.29 is 18.9 Å². The summed E-state index contributed by atoms with van der Waals surface area (Å²) in [7, 11) is 0. The lowest BCUT2D eigenvalue weighted by Crippen LogP contribution is -2.17. The summed E-state index contributed by atoms with van der Waals surface area (Å²) in [5.41, 5.74) is 3.85. The molecule has 2 N–H and O–H groups in total. The van der Waals surface area contributed by atoms with Gasteiger partial charge in [-0.1, -0.05) is 12.1 Å². The van der Waals surface area contributed by atoms with Crippen molar-refractivity contribution in [2.24, 2.45) is 5.10 Å². The summed E-state index contributed by atoms with van der Waals surface area (Å²) in [6.07, 6.45) is 1.32. The molecule has 3 aromatic rings. The van der Waals surface area contributed by atoms with Crippen molar-refractivity contribution in [1.82, 2.24) is 5.43 Å². The fourth-order valence-electron chi connectivity index (χ4n) is 2.48. The first-order chi connectivity index (χ1) is 13.9. The minimum absolute atomic E-state index is 0.0362. The van der Waals surface area contributed by atoms with E-state index in [-0.39, 0.29) is 11.6 Å². The number of hydrogen-bond donors (Lipinski definition) is 2. The van der Waals surface area contributed by atoms with Crippen LogP contribution in [-0.4, -0.2) is 23.0 Å². The number of rotatable bonds is 6. The molecule has 0 aliphatic carbocycles. The van der Waals surface area contributed by atoms with E-state index in [0.29, 0.717) is 28.3 Å². The smallest absolute Gasteiger partial charge is 0.271 e. The van der Waals surface area contributed by atoms with Crippen LogP contribution in [0, 0.1) is 10.1 Å². The molecule has 0 aliphatic rings. The molecule has 2 amide bonds. The van der Waals surface area contributed by atoms with Crippen LogP contribution >= 0.6 is 0 Å². The van der Waals surface area contributed by atoms with Crippen LogP contribution in [0.5, 0.6) is 0 Å². The van der Waals surface area contributed by atoms with Gasteiger partial charge in [-0.2, -0.15) is 5.10 Å². The molecular weight excluding hydrogens is 376 g/mol. The fraction of sp³-hybridized carbons (Fsp3) is 0.0500. The van der Waals surface area contributed by atoms with E-state index in [2.05, 4.69) is 15.8 Å². The summed E-state index contributed by atoms with van der Waals surface area (Å²) in [6, 6.07) is 15.7. The molecule has 0 aliphatic heterocycles. The molecule has 2 aromatic carbocycles. The number of nitrogens with one attached hydrogen (secondary N) is 2. The lowest BCUT2D eigenvalue weighted by Gasteiger charge is -2.03. The van der Waals surface area contributed by atoms with Crippen molar-refractivity contribution in [1.29, 1.82) is 0 Å². The lowest BCUT2D eigenvalue weighted by molar-refractivity contribution is -0.384. The molecular formula is C20H16N4O5. The van der Waals surface area contributed by atoms with Crippen LogP contribution in [-0.2, 0) is 4.79 Å². The molecule has 3 rings (SSSR count). The monoisotopic (exact) mass is 392 g/mol. The van der Waals surface area contributed by atoms with Crippen LogP contribution in [0.4, 0.5) is 11.4 Å². The third kappa shape index (κ3) is 5.13. The number of anilines is 1. The maximum absolute atomic E-state index is 12.1. The summed E-state index contributed by atoms with van der Waals surface area (Å²) in [5, 5.41) is 17.3. The molecule has 9 heteroatoms. The molecule has 0 atom stereocenters. The number of amides is 2. The molecule has 0 fully saturated rings. The topological polar surface area (TPSA) is 127 Å². The molecule has 0 spiro atoms. The summed E-state index contributed by atoms with van der Waals surface area (Å²) in [6.45, 7) is 1.40. The van der Waals surface area contributed by atoms with Gasteiger partial charge in [0.15, 0.2) is 0 Å². The Labute approximate surface area is 165 Å². The standard InChI is InChI=1S/C20H16N4O5/c1-13(25)22-16-7-5-14(6-8-16)20(26)23-21-12-18-9-10-19(29-18)15-3-2-4-17(11-15)24(27)28/h2-12H,1H3,(H,22,25)(H,23,26). The number of carbonyl (C=O) groups excluding carboxylic acids is 2. The number of non-ortho nitro benzene ring substituents is 1. The Morgan fingerprint density at radius 1 is 1.10 bits per heavy atom. The molecule has 0 bridgehead atoms. The number of nitro benzene ring substituents is 1. The van der Waals surface area contributed by atoms with Gasteiger partial charge in [0.2, 0.25) is 5.91 Å². The molecule has 9 nitrogen and oxygen atoms in total. The zero-order chi connectivity index (χ0) is 20.8. The summed E-state index contributed by atoms with van der Waals surface area (Å²) in [4.78, 5) is 33.5. The maximum atomic E-state index is 12.1. The SMILES string of the molecule is CC(=O)Nc1ccc(C(=O)NN=Cc2ccc(-c3cccc([N+](=O)[O-])c3)o2)cc1. The van der Waals surface area contributed by atoms with Gasteiger partial charge in [0.1, 0.15) is 11.5 Å². The Balaban J connectivity index is 1.62. The van der Waals surface area contributed by atoms with Gasteiger partial charge in [0.05, 0.1) is 11.1 Å². The second kappa shape index (κ2) is 8.61. The van der Waals surface area contributed by atoms with Crippen LogP contribution in [0.25, 0.3) is 11.3 Å². The Bertz CT molecular complexity index is 1090. The van der Waals surface area contributed by atoms with E-state index in [4.69, 9.17) is 4.42 Å². The van der Waals surface area contributed by atoms with Gasteiger partial charge in [0, 0.05) is 35.9 Å². The highest BCUT2D eigenvalue weighted by Crippen LogP contribution is 2.25. The fourth-order valence-corrected chi connectivity index (χ4v) is 2.48. The van der Waals surface area contributed by atoms with Crippen LogP contribution < -0.4 is 10.7 Å². The van der Waals surface area contributed by atoms with Gasteiger partial charge in [0.25, 0.3) is 11.6 Å². The third-order valence-electron chi connectivity index (χ3n) is 3.79. The van der Waals surface area contributed by atoms with Crippen molar-refractivity contribution in [2.75, 3.05) is 5.32 Å². The maximum Gasteiger partial charge on any atom is 0.271 e. The van der Waals surface area contributed by atoms with E-state index < -0.39 is 10.8 Å². The van der Waals surface area contributed by atoms with Gasteiger partial charge in [-0.05, 0) is 36.4 Å². The van der Waals surface area contributed by atoms with Crippen molar-refractivity contribution in [3.8, 4) is 11.3 Å². The van der Waals surface area contributed by atoms with E-state index in [1.54, 1.807) is 48.5 Å². The van der Waals surface area contributed by atoms with Crippen LogP contribution in [0.2, 0.25) is 0 Å². The summed E-state index contributed by atoms with van der Waals surface area (Å²) < 4.78 is 5.58. The Hall–Kier alpha value is -4.27. The number of furan rings is 1. The van der Waals surface area contributed by atoms with E-state index in [9.17, 15) is 19.7 Å². The normalized spacial score (nSPS) is 10.7. The average Bonchev–Trinajstić information content (AvgIpc) is 3.17.